The van der Waals surface area contributed by atoms with E-state index < -0.39 is 25.3 Å². The molecule has 4 aromatic heterocycles. The number of hydrogen-bond donors (Lipinski definition) is 1. The van der Waals surface area contributed by atoms with Crippen LogP contribution < -0.4 is 44.4 Å². The van der Waals surface area contributed by atoms with Crippen molar-refractivity contribution >= 4 is 19.2 Å². The maximum atomic E-state index is 14.7. The minimum atomic E-state index is -4.10. The number of halogens is 2. The predicted octanol–water partition coefficient (Wildman–Crippen LogP) is 0.463. The molecule has 212 valence electrons. The number of aromatic nitrogens is 6. The van der Waals surface area contributed by atoms with E-state index in [0.717, 1.165) is 55.6 Å². The zero-order valence-electron chi connectivity index (χ0n) is 22.5. The molecule has 17 heteroatoms. The molecule has 1 aliphatic carbocycles. The first-order chi connectivity index (χ1) is 19.1. The third kappa shape index (κ3) is 7.48. The number of anilines is 1. The molecule has 41 heavy (non-hydrogen) atoms. The van der Waals surface area contributed by atoms with Crippen LogP contribution in [0.3, 0.4) is 0 Å². The normalized spacial score (nSPS) is 18.4. The molecule has 1 unspecified atom stereocenters. The quantitative estimate of drug-likeness (QED) is 0.163. The van der Waals surface area contributed by atoms with E-state index in [0.29, 0.717) is 6.61 Å². The average Bonchev–Trinajstić information content (AvgIpc) is 3.65. The molecule has 13 nitrogen and oxygen atoms in total. The molecule has 0 saturated heterocycles. The van der Waals surface area contributed by atoms with Crippen LogP contribution in [0.25, 0.3) is 22.8 Å². The number of carbonyl (C=O) groups is 1. The minimum Gasteiger partial charge on any atom is -0.767 e. The Balaban J connectivity index is 0.00000387. The van der Waals surface area contributed by atoms with E-state index in [9.17, 15) is 23.0 Å². The van der Waals surface area contributed by atoms with E-state index in [2.05, 4.69) is 30.1 Å². The summed E-state index contributed by atoms with van der Waals surface area (Å²) in [5.41, 5.74) is -0.182. The van der Waals surface area contributed by atoms with Crippen molar-refractivity contribution in [1.29, 1.82) is 0 Å². The number of pyridine rings is 1. The second-order valence-electron chi connectivity index (χ2n) is 9.20. The maximum absolute atomic E-state index is 14.7. The number of oxazole rings is 1. The minimum absolute atomic E-state index is 0. The van der Waals surface area contributed by atoms with Gasteiger partial charge in [-0.25, -0.2) is 14.4 Å². The van der Waals surface area contributed by atoms with E-state index in [-0.39, 0.29) is 75.9 Å². The Morgan fingerprint density at radius 3 is 2.66 bits per heavy atom. The fraction of sp³-hybridized carbons (Fsp3) is 0.375. The van der Waals surface area contributed by atoms with Gasteiger partial charge in [0.25, 0.3) is 5.91 Å². The summed E-state index contributed by atoms with van der Waals surface area (Å²) in [5.74, 6) is -2.45. The first-order valence-corrected chi connectivity index (χ1v) is 14.4. The van der Waals surface area contributed by atoms with Crippen molar-refractivity contribution in [3.05, 3.63) is 54.4 Å². The Bertz CT molecular complexity index is 1560. The summed E-state index contributed by atoms with van der Waals surface area (Å²) in [6, 6.07) is 1.79. The number of hydrogen-bond acceptors (Lipinski definition) is 10. The summed E-state index contributed by atoms with van der Waals surface area (Å²) in [4.78, 5) is 32.9. The van der Waals surface area contributed by atoms with Crippen molar-refractivity contribution in [1.82, 2.24) is 29.7 Å². The van der Waals surface area contributed by atoms with Gasteiger partial charge in [-0.05, 0) is 44.7 Å². The zero-order valence-corrected chi connectivity index (χ0v) is 25.4. The smallest absolute Gasteiger partial charge is 0.767 e. The van der Waals surface area contributed by atoms with Crippen molar-refractivity contribution in [2.24, 2.45) is 0 Å². The monoisotopic (exact) mass is 599 g/mol. The summed E-state index contributed by atoms with van der Waals surface area (Å²) in [5, 5.41) is 10.9. The Morgan fingerprint density at radius 2 is 1.95 bits per heavy atom. The van der Waals surface area contributed by atoms with Gasteiger partial charge >= 0.3 is 29.6 Å². The molecule has 0 aromatic carbocycles. The maximum Gasteiger partial charge on any atom is 1.00 e. The van der Waals surface area contributed by atoms with Gasteiger partial charge in [-0.15, -0.1) is 9.94 Å². The summed E-state index contributed by atoms with van der Waals surface area (Å²) in [6.45, 7) is 3.46. The molecular weight excluding hydrogens is 574 g/mol. The second-order valence-corrected chi connectivity index (χ2v) is 10.9. The Labute approximate surface area is 255 Å². The summed E-state index contributed by atoms with van der Waals surface area (Å²) >= 11 is 0. The van der Waals surface area contributed by atoms with E-state index in [1.807, 2.05) is 6.92 Å². The van der Waals surface area contributed by atoms with Crippen LogP contribution in [0.5, 0.6) is 0 Å². The van der Waals surface area contributed by atoms with Crippen LogP contribution in [0.4, 0.5) is 14.5 Å². The van der Waals surface area contributed by atoms with E-state index >= 15 is 0 Å². The number of amides is 1. The molecule has 4 heterocycles. The number of nitrogens with zero attached hydrogens (tertiary/aromatic N) is 6. The summed E-state index contributed by atoms with van der Waals surface area (Å²) < 4.78 is 57.3. The van der Waals surface area contributed by atoms with Gasteiger partial charge in [-0.2, -0.15) is 9.49 Å². The summed E-state index contributed by atoms with van der Waals surface area (Å²) in [6.07, 6.45) is 8.38. The van der Waals surface area contributed by atoms with E-state index in [1.165, 1.54) is 12.4 Å². The Kier molecular flexibility index (Phi) is 9.77. The predicted molar refractivity (Wildman–Crippen MR) is 134 cm³/mol. The average molecular weight is 599 g/mol. The first kappa shape index (κ1) is 31.0. The van der Waals surface area contributed by atoms with Gasteiger partial charge in [-0.1, -0.05) is 0 Å². The zero-order chi connectivity index (χ0) is 28.4. The molecule has 1 fully saturated rings. The van der Waals surface area contributed by atoms with Crippen LogP contribution in [-0.4, -0.2) is 55.0 Å². The molecule has 1 saturated carbocycles. The third-order valence-corrected chi connectivity index (χ3v) is 6.68. The first-order valence-electron chi connectivity index (χ1n) is 12.4. The standard InChI is InChI=1S/C24H26F2N7O6P.Na/c1-3-37-16-6-4-15(5-7-16)32-12-18(22(31-32)21-17(25)8-9-20(26)30-21)28-23(34)19-13-38-24(29-19)14-10-27-33(11-14)39-40(2,35)36;/h8-13,15-16H,3-7H2,1-2H3,(H,28,34)(H,35,36);/q;+1/p-1. The summed E-state index contributed by atoms with van der Waals surface area (Å²) in [7, 11) is -4.10. The van der Waals surface area contributed by atoms with Crippen molar-refractivity contribution in [3.63, 3.8) is 0 Å². The number of rotatable bonds is 9. The van der Waals surface area contributed by atoms with Gasteiger partial charge in [0.1, 0.15) is 17.7 Å². The largest absolute Gasteiger partial charge is 1.00 e. The number of nitrogens with one attached hydrogen (secondary N) is 1. The Morgan fingerprint density at radius 1 is 1.20 bits per heavy atom. The van der Waals surface area contributed by atoms with Crippen LogP contribution >= 0.6 is 7.60 Å². The third-order valence-electron chi connectivity index (χ3n) is 6.21. The molecule has 0 radical (unpaired) electrons. The van der Waals surface area contributed by atoms with Crippen LogP contribution in [0.15, 0.2) is 41.4 Å². The molecule has 5 rings (SSSR count). The SMILES string of the molecule is CCOC1CCC(n2cc(NC(=O)c3coc(-c4cnn(OP(C)(=O)[O-])c4)n3)c(-c3nc(F)ccc3F)n2)CC1.[Na+]. The van der Waals surface area contributed by atoms with Crippen molar-refractivity contribution in [2.45, 2.75) is 44.8 Å². The van der Waals surface area contributed by atoms with Crippen molar-refractivity contribution in [2.75, 3.05) is 18.6 Å². The molecule has 1 N–H and O–H groups in total. The van der Waals surface area contributed by atoms with Crippen LogP contribution in [-0.2, 0) is 9.30 Å². The van der Waals surface area contributed by atoms with Gasteiger partial charge < -0.3 is 24.0 Å². The van der Waals surface area contributed by atoms with E-state index in [1.54, 1.807) is 10.9 Å². The van der Waals surface area contributed by atoms with Crippen LogP contribution in [0.1, 0.15) is 49.1 Å². The Hall–Kier alpha value is -2.94. The molecule has 0 spiro atoms. The van der Waals surface area contributed by atoms with Crippen molar-refractivity contribution in [3.8, 4) is 22.8 Å². The molecule has 4 aromatic rings. The molecule has 0 bridgehead atoms. The van der Waals surface area contributed by atoms with Gasteiger partial charge in [0.2, 0.25) is 19.4 Å². The van der Waals surface area contributed by atoms with E-state index in [4.69, 9.17) is 9.15 Å². The number of carbonyl (C=O) groups excluding carboxylic acids is 1. The fourth-order valence-electron chi connectivity index (χ4n) is 4.45. The van der Waals surface area contributed by atoms with Gasteiger partial charge in [0.05, 0.1) is 35.8 Å². The number of ether oxygens (including phenoxy) is 1. The van der Waals surface area contributed by atoms with Gasteiger partial charge in [-0.3, -0.25) is 14.0 Å². The van der Waals surface area contributed by atoms with Gasteiger partial charge in [0.15, 0.2) is 11.5 Å². The van der Waals surface area contributed by atoms with Gasteiger partial charge in [0, 0.05) is 19.5 Å². The molecular formula is C24H25F2N7NaO6P. The fourth-order valence-corrected chi connectivity index (χ4v) is 4.84. The van der Waals surface area contributed by atoms with Crippen molar-refractivity contribution < 1.29 is 66.4 Å². The second kappa shape index (κ2) is 12.9. The molecule has 1 atom stereocenters. The van der Waals surface area contributed by atoms with Crippen LogP contribution in [0.2, 0.25) is 0 Å². The topological polar surface area (TPSA) is 162 Å². The molecule has 1 aliphatic rings. The van der Waals surface area contributed by atoms with Crippen LogP contribution in [0, 0.1) is 11.8 Å². The molecule has 0 aliphatic heterocycles. The molecule has 1 amide bonds.